The first-order valence-electron chi connectivity index (χ1n) is 11.6. The fourth-order valence-corrected chi connectivity index (χ4v) is 3.11. The van der Waals surface area contributed by atoms with Crippen molar-refractivity contribution in [3.63, 3.8) is 0 Å². The topological polar surface area (TPSA) is 57.8 Å². The minimum Gasteiger partial charge on any atom is -0.310 e. The molecule has 0 bridgehead atoms. The van der Waals surface area contributed by atoms with Gasteiger partial charge < -0.3 is 5.32 Å². The van der Waals surface area contributed by atoms with Crippen LogP contribution in [-0.4, -0.2) is 29.1 Å². The maximum atomic E-state index is 12.9. The minimum absolute atomic E-state index is 0.0338. The van der Waals surface area contributed by atoms with Crippen LogP contribution < -0.4 is 5.32 Å². The largest absolute Gasteiger partial charge is 0.416 e. The summed E-state index contributed by atoms with van der Waals surface area (Å²) >= 11 is 0. The molecular formula is C25H35F6N3O. The van der Waals surface area contributed by atoms with Gasteiger partial charge in [0, 0.05) is 22.6 Å². The van der Waals surface area contributed by atoms with Gasteiger partial charge in [0.15, 0.2) is 0 Å². The molecule has 2 rings (SSSR count). The van der Waals surface area contributed by atoms with Gasteiger partial charge in [-0.1, -0.05) is 48.0 Å². The number of rotatable bonds is 8. The molecule has 1 aromatic carbocycles. The predicted octanol–water partition coefficient (Wildman–Crippen LogP) is 7.40. The third-order valence-corrected chi connectivity index (χ3v) is 5.27. The van der Waals surface area contributed by atoms with Crippen LogP contribution in [0.3, 0.4) is 0 Å². The highest BCUT2D eigenvalue weighted by atomic mass is 19.4. The van der Waals surface area contributed by atoms with E-state index in [2.05, 4.69) is 29.4 Å². The van der Waals surface area contributed by atoms with Crippen molar-refractivity contribution < 1.29 is 31.1 Å². The number of Topliss-reactive ketones (excluding diaryl/α,β-unsaturated/α-hetero) is 1. The van der Waals surface area contributed by atoms with Crippen molar-refractivity contribution in [1.82, 2.24) is 15.5 Å². The smallest absolute Gasteiger partial charge is 0.310 e. The Hall–Kier alpha value is -2.36. The lowest BCUT2D eigenvalue weighted by Gasteiger charge is -2.15. The number of hydrogen-bond acceptors (Lipinski definition) is 3. The monoisotopic (exact) mass is 507 g/mol. The SMILES string of the molecule is CC(C)(C)c1cc(-c2cc(C(F)(F)F)cc(C(F)(F)F)c2)n[nH]1.CCCNCC(=O)C(C)CCC. The average molecular weight is 508 g/mol. The van der Waals surface area contributed by atoms with E-state index in [1.807, 2.05) is 27.7 Å². The maximum absolute atomic E-state index is 12.9. The number of aromatic nitrogens is 2. The van der Waals surface area contributed by atoms with E-state index in [0.717, 1.165) is 25.8 Å². The van der Waals surface area contributed by atoms with E-state index in [-0.39, 0.29) is 28.7 Å². The van der Waals surface area contributed by atoms with Crippen molar-refractivity contribution in [2.75, 3.05) is 13.1 Å². The van der Waals surface area contributed by atoms with Crippen molar-refractivity contribution in [1.29, 1.82) is 0 Å². The number of alkyl halides is 6. The molecule has 0 fully saturated rings. The van der Waals surface area contributed by atoms with Crippen LogP contribution in [0.4, 0.5) is 26.3 Å². The lowest BCUT2D eigenvalue weighted by Crippen LogP contribution is -2.27. The molecule has 0 radical (unpaired) electrons. The number of carbonyl (C=O) groups is 1. The number of ketones is 1. The Labute approximate surface area is 202 Å². The third kappa shape index (κ3) is 10.0. The zero-order chi connectivity index (χ0) is 27.0. The van der Waals surface area contributed by atoms with E-state index in [9.17, 15) is 31.1 Å². The number of nitrogens with one attached hydrogen (secondary N) is 2. The van der Waals surface area contributed by atoms with Gasteiger partial charge in [0.1, 0.15) is 5.78 Å². The van der Waals surface area contributed by atoms with Crippen molar-refractivity contribution >= 4 is 5.78 Å². The summed E-state index contributed by atoms with van der Waals surface area (Å²) in [6.07, 6.45) is -6.54. The average Bonchev–Trinajstić information content (AvgIpc) is 3.24. The molecule has 0 aliphatic carbocycles. The zero-order valence-electron chi connectivity index (χ0n) is 21.0. The molecule has 1 unspecified atom stereocenters. The standard InChI is InChI=1S/C15H14F6N2.C10H21NO/c1-13(2,3)12-7-11(22-23-12)8-4-9(14(16,17)18)6-10(5-8)15(19,20)21;1-4-6-9(3)10(12)8-11-7-5-2/h4-7H,1-3H3,(H,22,23);9,11H,4-8H2,1-3H3. The molecule has 0 saturated carbocycles. The molecule has 0 saturated heterocycles. The Balaban J connectivity index is 0.000000434. The molecule has 0 aliphatic heterocycles. The summed E-state index contributed by atoms with van der Waals surface area (Å²) in [5.74, 6) is 0.588. The Bertz CT molecular complexity index is 910. The predicted molar refractivity (Wildman–Crippen MR) is 125 cm³/mol. The summed E-state index contributed by atoms with van der Waals surface area (Å²) in [6, 6.07) is 2.88. The van der Waals surface area contributed by atoms with Crippen molar-refractivity contribution in [3.8, 4) is 11.3 Å². The Morgan fingerprint density at radius 2 is 1.49 bits per heavy atom. The first-order chi connectivity index (χ1) is 16.0. The van der Waals surface area contributed by atoms with Crippen LogP contribution in [-0.2, 0) is 22.6 Å². The number of hydrogen-bond donors (Lipinski definition) is 2. The highest BCUT2D eigenvalue weighted by Crippen LogP contribution is 2.38. The van der Waals surface area contributed by atoms with Gasteiger partial charge in [0.05, 0.1) is 23.4 Å². The molecule has 10 heteroatoms. The molecule has 4 nitrogen and oxygen atoms in total. The molecule has 198 valence electrons. The van der Waals surface area contributed by atoms with Gasteiger partial charge in [-0.3, -0.25) is 9.89 Å². The summed E-state index contributed by atoms with van der Waals surface area (Å²) in [5, 5.41) is 9.61. The highest BCUT2D eigenvalue weighted by Gasteiger charge is 2.37. The summed E-state index contributed by atoms with van der Waals surface area (Å²) in [5.41, 5.74) is -2.67. The molecule has 2 aromatic rings. The number of benzene rings is 1. The molecule has 1 heterocycles. The molecule has 0 amide bonds. The fraction of sp³-hybridized carbons (Fsp3) is 0.600. The van der Waals surface area contributed by atoms with Crippen LogP contribution in [0.5, 0.6) is 0 Å². The second kappa shape index (κ2) is 12.6. The Kier molecular flexibility index (Phi) is 11.0. The van der Waals surface area contributed by atoms with Gasteiger partial charge >= 0.3 is 12.4 Å². The Morgan fingerprint density at radius 1 is 0.943 bits per heavy atom. The number of carbonyl (C=O) groups excluding carboxylic acids is 1. The van der Waals surface area contributed by atoms with Gasteiger partial charge in [0.2, 0.25) is 0 Å². The third-order valence-electron chi connectivity index (χ3n) is 5.27. The van der Waals surface area contributed by atoms with Crippen LogP contribution in [0.2, 0.25) is 0 Å². The van der Waals surface area contributed by atoms with E-state index in [0.29, 0.717) is 30.2 Å². The van der Waals surface area contributed by atoms with Crippen molar-refractivity contribution in [2.24, 2.45) is 5.92 Å². The van der Waals surface area contributed by atoms with Gasteiger partial charge in [0.25, 0.3) is 0 Å². The molecular weight excluding hydrogens is 472 g/mol. The van der Waals surface area contributed by atoms with Gasteiger partial charge in [-0.2, -0.15) is 31.4 Å². The van der Waals surface area contributed by atoms with Gasteiger partial charge in [-0.15, -0.1) is 0 Å². The minimum atomic E-state index is -4.88. The van der Waals surface area contributed by atoms with Crippen LogP contribution in [0.15, 0.2) is 24.3 Å². The number of halogens is 6. The van der Waals surface area contributed by atoms with Crippen LogP contribution in [0, 0.1) is 5.92 Å². The first-order valence-corrected chi connectivity index (χ1v) is 11.6. The highest BCUT2D eigenvalue weighted by molar-refractivity contribution is 5.82. The van der Waals surface area contributed by atoms with E-state index in [1.54, 1.807) is 0 Å². The van der Waals surface area contributed by atoms with E-state index >= 15 is 0 Å². The summed E-state index contributed by atoms with van der Waals surface area (Å²) in [4.78, 5) is 11.3. The normalized spacial score (nSPS) is 13.3. The quantitative estimate of drug-likeness (QED) is 0.289. The van der Waals surface area contributed by atoms with E-state index in [4.69, 9.17) is 0 Å². The fourth-order valence-electron chi connectivity index (χ4n) is 3.11. The summed E-state index contributed by atoms with van der Waals surface area (Å²) in [6.45, 7) is 13.3. The molecule has 35 heavy (non-hydrogen) atoms. The lowest BCUT2D eigenvalue weighted by atomic mass is 9.91. The Morgan fingerprint density at radius 3 is 1.89 bits per heavy atom. The summed E-state index contributed by atoms with van der Waals surface area (Å²) in [7, 11) is 0. The van der Waals surface area contributed by atoms with Crippen LogP contribution in [0.25, 0.3) is 11.3 Å². The van der Waals surface area contributed by atoms with Crippen molar-refractivity contribution in [3.05, 3.63) is 41.1 Å². The molecule has 1 aromatic heterocycles. The van der Waals surface area contributed by atoms with E-state index < -0.39 is 23.5 Å². The second-order valence-electron chi connectivity index (χ2n) is 9.54. The number of nitrogens with zero attached hydrogens (tertiary/aromatic N) is 1. The lowest BCUT2D eigenvalue weighted by molar-refractivity contribution is -0.143. The molecule has 1 atom stereocenters. The second-order valence-corrected chi connectivity index (χ2v) is 9.54. The summed E-state index contributed by atoms with van der Waals surface area (Å²) < 4.78 is 77.1. The van der Waals surface area contributed by atoms with Crippen molar-refractivity contribution in [2.45, 2.75) is 78.6 Å². The van der Waals surface area contributed by atoms with Gasteiger partial charge in [-0.05, 0) is 43.7 Å². The molecule has 0 aliphatic rings. The van der Waals surface area contributed by atoms with E-state index in [1.165, 1.54) is 6.07 Å². The maximum Gasteiger partial charge on any atom is 0.416 e. The molecule has 2 N–H and O–H groups in total. The molecule has 0 spiro atoms. The van der Waals surface area contributed by atoms with Crippen LogP contribution in [0.1, 0.15) is 77.6 Å². The zero-order valence-corrected chi connectivity index (χ0v) is 21.0. The number of aromatic amines is 1. The first kappa shape index (κ1) is 30.7. The van der Waals surface area contributed by atoms with Crippen LogP contribution >= 0.6 is 0 Å². The number of H-pyrrole nitrogens is 1. The van der Waals surface area contributed by atoms with Gasteiger partial charge in [-0.25, -0.2) is 0 Å².